The van der Waals surface area contributed by atoms with Crippen LogP contribution in [0.3, 0.4) is 0 Å². The molecule has 6 heteroatoms. The summed E-state index contributed by atoms with van der Waals surface area (Å²) in [4.78, 5) is 0. The van der Waals surface area contributed by atoms with Crippen molar-refractivity contribution in [2.45, 2.75) is 0 Å². The molecule has 0 spiro atoms. The van der Waals surface area contributed by atoms with Gasteiger partial charge in [0, 0.05) is 0 Å². The monoisotopic (exact) mass is 246 g/mol. The maximum Gasteiger partial charge on any atom is 3.00 e. The predicted octanol–water partition coefficient (Wildman–Crippen LogP) is -2.61. The van der Waals surface area contributed by atoms with Crippen LogP contribution >= 0.6 is 0 Å². The van der Waals surface area contributed by atoms with Gasteiger partial charge in [0.05, 0.1) is 0 Å². The second kappa shape index (κ2) is 12900. The molecule has 0 aliphatic carbocycles. The molecule has 0 aliphatic rings. The average molecular weight is 246 g/mol. The second-order valence-electron chi connectivity index (χ2n) is 0. The zero-order chi connectivity index (χ0) is 8.00. The maximum absolute atomic E-state index is 6.25. The quantitative estimate of drug-likeness (QED) is 0.345. The van der Waals surface area contributed by atoms with Crippen molar-refractivity contribution in [3.05, 3.63) is 26.3 Å². The van der Waals surface area contributed by atoms with Crippen molar-refractivity contribution in [1.29, 1.82) is 21.0 Å². The standard InChI is InChI=1S/4CN.K.Rh/c4*1-2;;/q4*-1;+1;+3. The summed E-state index contributed by atoms with van der Waals surface area (Å²) in [5.41, 5.74) is 0. The van der Waals surface area contributed by atoms with Crippen molar-refractivity contribution in [2.24, 2.45) is 0 Å². The van der Waals surface area contributed by atoms with Crippen LogP contribution in [0, 0.1) is 47.3 Å². The summed E-state index contributed by atoms with van der Waals surface area (Å²) in [5, 5.41) is 25.0. The van der Waals surface area contributed by atoms with Gasteiger partial charge in [-0.05, 0) is 0 Å². The first-order chi connectivity index (χ1) is 4.00. The van der Waals surface area contributed by atoms with E-state index < -0.39 is 0 Å². The van der Waals surface area contributed by atoms with Crippen molar-refractivity contribution in [2.75, 3.05) is 0 Å². The van der Waals surface area contributed by atoms with Crippen LogP contribution in [0.2, 0.25) is 0 Å². The first kappa shape index (κ1) is 48.8. The Balaban J connectivity index is -0.00000000500. The molecule has 0 saturated carbocycles. The number of hydrogen-bond acceptors (Lipinski definition) is 4. The topological polar surface area (TPSA) is 95.2 Å². The molecule has 0 fully saturated rings. The molecular weight excluding hydrogens is 246 g/mol. The molecule has 0 aromatic rings. The van der Waals surface area contributed by atoms with Gasteiger partial charge in [-0.25, -0.2) is 0 Å². The van der Waals surface area contributed by atoms with Crippen molar-refractivity contribution < 1.29 is 70.9 Å². The first-order valence-electron chi connectivity index (χ1n) is 0.894. The Morgan fingerprint density at radius 1 is 0.500 bits per heavy atom. The van der Waals surface area contributed by atoms with Crippen LogP contribution in [0.25, 0.3) is 0 Å². The molecule has 0 amide bonds. The van der Waals surface area contributed by atoms with Gasteiger partial charge in [0.15, 0.2) is 0 Å². The Labute approximate surface area is 116 Å². The minimum atomic E-state index is 0. The van der Waals surface area contributed by atoms with Gasteiger partial charge < -0.3 is 47.3 Å². The Morgan fingerprint density at radius 3 is 0.500 bits per heavy atom. The van der Waals surface area contributed by atoms with Crippen LogP contribution in [0.1, 0.15) is 0 Å². The molecular formula is C4KN4Rh. The molecule has 0 bridgehead atoms. The van der Waals surface area contributed by atoms with E-state index in [-0.39, 0.29) is 70.9 Å². The number of nitrogens with zero attached hydrogens (tertiary/aromatic N) is 4. The van der Waals surface area contributed by atoms with Gasteiger partial charge in [-0.15, -0.1) is 0 Å². The van der Waals surface area contributed by atoms with Gasteiger partial charge in [-0.2, -0.15) is 0 Å². The van der Waals surface area contributed by atoms with E-state index in [9.17, 15) is 0 Å². The van der Waals surface area contributed by atoms with Crippen LogP contribution in [0.4, 0.5) is 0 Å². The van der Waals surface area contributed by atoms with Crippen LogP contribution in [-0.2, 0) is 19.5 Å². The van der Waals surface area contributed by atoms with Gasteiger partial charge in [0.2, 0.25) is 0 Å². The molecule has 0 unspecified atom stereocenters. The van der Waals surface area contributed by atoms with Gasteiger partial charge >= 0.3 is 70.9 Å². The molecule has 0 saturated heterocycles. The largest absolute Gasteiger partial charge is 3.00 e. The minimum Gasteiger partial charge on any atom is -0.512 e. The summed E-state index contributed by atoms with van der Waals surface area (Å²) in [5.74, 6) is 0. The normalized spacial score (nSPS) is 0.800. The van der Waals surface area contributed by atoms with Crippen LogP contribution in [-0.4, -0.2) is 0 Å². The zero-order valence-corrected chi connectivity index (χ0v) is 9.88. The minimum absolute atomic E-state index is 0. The van der Waals surface area contributed by atoms with Crippen LogP contribution in [0.5, 0.6) is 0 Å². The Hall–Kier alpha value is 0.220. The van der Waals surface area contributed by atoms with E-state index in [0.717, 1.165) is 0 Å². The SMILES string of the molecule is [C-]#N.[C-]#N.[C-]#N.[C-]#N.[K+].[Rh+3]. The summed E-state index contributed by atoms with van der Waals surface area (Å²) in [6.07, 6.45) is 0. The fourth-order valence-corrected chi connectivity index (χ4v) is 0. The van der Waals surface area contributed by atoms with Gasteiger partial charge in [0.1, 0.15) is 0 Å². The molecule has 0 atom stereocenters. The van der Waals surface area contributed by atoms with E-state index in [1.165, 1.54) is 0 Å². The van der Waals surface area contributed by atoms with Gasteiger partial charge in [0.25, 0.3) is 0 Å². The fourth-order valence-electron chi connectivity index (χ4n) is 0. The third-order valence-electron chi connectivity index (χ3n) is 0. The maximum atomic E-state index is 6.25. The molecule has 0 N–H and O–H groups in total. The van der Waals surface area contributed by atoms with Crippen molar-refractivity contribution in [3.63, 3.8) is 0 Å². The average Bonchev–Trinajstić information content (AvgIpc) is 2.03. The molecule has 0 aromatic heterocycles. The Kier molecular flexibility index (Phi) is 62900. The van der Waals surface area contributed by atoms with Crippen molar-refractivity contribution in [1.82, 2.24) is 0 Å². The van der Waals surface area contributed by atoms with E-state index in [2.05, 4.69) is 0 Å². The molecule has 10 heavy (non-hydrogen) atoms. The van der Waals surface area contributed by atoms with E-state index in [0.29, 0.717) is 0 Å². The van der Waals surface area contributed by atoms with E-state index in [1.807, 2.05) is 0 Å². The predicted molar refractivity (Wildman–Crippen MR) is 19.9 cm³/mol. The Morgan fingerprint density at radius 2 is 0.500 bits per heavy atom. The van der Waals surface area contributed by atoms with Crippen molar-refractivity contribution in [3.8, 4) is 0 Å². The third kappa shape index (κ3) is 8870. The van der Waals surface area contributed by atoms with E-state index in [4.69, 9.17) is 47.3 Å². The van der Waals surface area contributed by atoms with Gasteiger partial charge in [-0.1, -0.05) is 0 Å². The molecule has 4 nitrogen and oxygen atoms in total. The summed E-state index contributed by atoms with van der Waals surface area (Å²) >= 11 is 0. The van der Waals surface area contributed by atoms with Gasteiger partial charge in [-0.3, -0.25) is 0 Å². The molecule has 0 heterocycles. The van der Waals surface area contributed by atoms with Crippen molar-refractivity contribution >= 4 is 0 Å². The van der Waals surface area contributed by atoms with Crippen LogP contribution in [0.15, 0.2) is 0 Å². The first-order valence-corrected chi connectivity index (χ1v) is 0.894. The zero-order valence-electron chi connectivity index (χ0n) is 5.12. The molecule has 46 valence electrons. The summed E-state index contributed by atoms with van der Waals surface area (Å²) in [6, 6.07) is 0. The molecule has 0 aromatic carbocycles. The number of rotatable bonds is 0. The van der Waals surface area contributed by atoms with E-state index >= 15 is 0 Å². The molecule has 0 aliphatic heterocycles. The van der Waals surface area contributed by atoms with Crippen LogP contribution < -0.4 is 51.4 Å². The summed E-state index contributed by atoms with van der Waals surface area (Å²) < 4.78 is 0. The third-order valence-corrected chi connectivity index (χ3v) is 0. The van der Waals surface area contributed by atoms with E-state index in [1.54, 1.807) is 0 Å². The fraction of sp³-hybridized carbons (Fsp3) is 0. The smallest absolute Gasteiger partial charge is 0.512 e. The summed E-state index contributed by atoms with van der Waals surface area (Å²) in [6.45, 7) is 19.0. The molecule has 0 rings (SSSR count). The summed E-state index contributed by atoms with van der Waals surface area (Å²) in [7, 11) is 0. The second-order valence-corrected chi connectivity index (χ2v) is 0. The number of hydrogen-bond donors (Lipinski definition) is 0. The molecule has 0 radical (unpaired) electrons. The Bertz CT molecular complexity index is 60.2.